The molecule has 0 aliphatic carbocycles. The molecule has 0 aromatic heterocycles. The quantitative estimate of drug-likeness (QED) is 0.515. The number of ether oxygens (including phenoxy) is 2. The van der Waals surface area contributed by atoms with E-state index in [1.54, 1.807) is 0 Å². The van der Waals surface area contributed by atoms with Gasteiger partial charge in [0.15, 0.2) is 0 Å². The van der Waals surface area contributed by atoms with Gasteiger partial charge in [-0.25, -0.2) is 0 Å². The Morgan fingerprint density at radius 3 is 2.73 bits per heavy atom. The first kappa shape index (κ1) is 12.0. The molecule has 84 valence electrons. The van der Waals surface area contributed by atoms with E-state index in [0.29, 0.717) is 6.61 Å². The molecule has 3 heteroatoms. The molecule has 1 fully saturated rings. The molecule has 1 aliphatic heterocycles. The maximum absolute atomic E-state index is 10.5. The van der Waals surface area contributed by atoms with E-state index in [0.717, 1.165) is 26.1 Å². The Kier molecular flexibility index (Phi) is 5.12. The number of allylic oxidation sites excluding steroid dienone is 2. The van der Waals surface area contributed by atoms with E-state index in [2.05, 4.69) is 13.0 Å². The second-order valence-electron chi connectivity index (χ2n) is 3.75. The molecular formula is C12H18O3. The SMILES string of the molecule is CC(=O)OC/C=C(/C)CCC=C1COC1. The van der Waals surface area contributed by atoms with Crippen LogP contribution < -0.4 is 0 Å². The molecule has 0 aromatic carbocycles. The lowest BCUT2D eigenvalue weighted by Crippen LogP contribution is -2.15. The minimum absolute atomic E-state index is 0.229. The van der Waals surface area contributed by atoms with Crippen molar-refractivity contribution >= 4 is 5.97 Å². The van der Waals surface area contributed by atoms with Gasteiger partial charge in [0.1, 0.15) is 6.61 Å². The Bertz CT molecular complexity index is 271. The van der Waals surface area contributed by atoms with Crippen LogP contribution in [0.15, 0.2) is 23.3 Å². The van der Waals surface area contributed by atoms with E-state index in [1.807, 2.05) is 6.08 Å². The Morgan fingerprint density at radius 2 is 2.20 bits per heavy atom. The van der Waals surface area contributed by atoms with Crippen LogP contribution in [0.2, 0.25) is 0 Å². The maximum Gasteiger partial charge on any atom is 0.302 e. The van der Waals surface area contributed by atoms with Crippen molar-refractivity contribution in [3.63, 3.8) is 0 Å². The zero-order chi connectivity index (χ0) is 11.1. The van der Waals surface area contributed by atoms with Crippen LogP contribution in [0.5, 0.6) is 0 Å². The fourth-order valence-electron chi connectivity index (χ4n) is 1.25. The standard InChI is InChI=1S/C12H18O3/c1-10(6-7-15-11(2)13)4-3-5-12-8-14-9-12/h5-6H,3-4,7-9H2,1-2H3/b10-6-. The summed E-state index contributed by atoms with van der Waals surface area (Å²) in [5.41, 5.74) is 2.65. The third-order valence-corrected chi connectivity index (χ3v) is 2.26. The van der Waals surface area contributed by atoms with Crippen LogP contribution in [-0.4, -0.2) is 25.8 Å². The van der Waals surface area contributed by atoms with E-state index < -0.39 is 0 Å². The number of hydrogen-bond acceptors (Lipinski definition) is 3. The zero-order valence-electron chi connectivity index (χ0n) is 9.41. The van der Waals surface area contributed by atoms with Crippen LogP contribution in [-0.2, 0) is 14.3 Å². The van der Waals surface area contributed by atoms with Crippen LogP contribution in [0.4, 0.5) is 0 Å². The molecule has 0 unspecified atom stereocenters. The summed E-state index contributed by atoms with van der Waals surface area (Å²) in [6.45, 7) is 5.47. The van der Waals surface area contributed by atoms with Crippen LogP contribution in [0.1, 0.15) is 26.7 Å². The van der Waals surface area contributed by atoms with Gasteiger partial charge in [-0.1, -0.05) is 11.6 Å². The number of rotatable bonds is 5. The highest BCUT2D eigenvalue weighted by molar-refractivity contribution is 5.66. The predicted octanol–water partition coefficient (Wildman–Crippen LogP) is 2.23. The molecule has 0 aromatic rings. The summed E-state index contributed by atoms with van der Waals surface area (Å²) in [6, 6.07) is 0. The van der Waals surface area contributed by atoms with Gasteiger partial charge in [-0.2, -0.15) is 0 Å². The summed E-state index contributed by atoms with van der Waals surface area (Å²) < 4.78 is 9.86. The minimum Gasteiger partial charge on any atom is -0.462 e. The largest absolute Gasteiger partial charge is 0.462 e. The summed E-state index contributed by atoms with van der Waals surface area (Å²) in [4.78, 5) is 10.5. The van der Waals surface area contributed by atoms with Gasteiger partial charge in [0.05, 0.1) is 13.2 Å². The highest BCUT2D eigenvalue weighted by atomic mass is 16.5. The molecule has 0 spiro atoms. The van der Waals surface area contributed by atoms with Crippen LogP contribution in [0.25, 0.3) is 0 Å². The van der Waals surface area contributed by atoms with Crippen LogP contribution >= 0.6 is 0 Å². The van der Waals surface area contributed by atoms with Crippen molar-refractivity contribution in [2.24, 2.45) is 0 Å². The average molecular weight is 210 g/mol. The topological polar surface area (TPSA) is 35.5 Å². The summed E-state index contributed by atoms with van der Waals surface area (Å²) in [7, 11) is 0. The van der Waals surface area contributed by atoms with Gasteiger partial charge in [0.2, 0.25) is 0 Å². The summed E-state index contributed by atoms with van der Waals surface area (Å²) >= 11 is 0. The second-order valence-corrected chi connectivity index (χ2v) is 3.75. The van der Waals surface area contributed by atoms with Crippen molar-refractivity contribution in [3.05, 3.63) is 23.3 Å². The summed E-state index contributed by atoms with van der Waals surface area (Å²) in [6.07, 6.45) is 6.25. The van der Waals surface area contributed by atoms with Gasteiger partial charge in [0, 0.05) is 6.92 Å². The molecule has 1 aliphatic rings. The van der Waals surface area contributed by atoms with Gasteiger partial charge in [-0.3, -0.25) is 4.79 Å². The Labute approximate surface area is 90.8 Å². The van der Waals surface area contributed by atoms with Crippen molar-refractivity contribution in [1.29, 1.82) is 0 Å². The highest BCUT2D eigenvalue weighted by Crippen LogP contribution is 2.12. The molecule has 0 amide bonds. The van der Waals surface area contributed by atoms with E-state index in [9.17, 15) is 4.79 Å². The van der Waals surface area contributed by atoms with E-state index in [1.165, 1.54) is 18.1 Å². The number of hydrogen-bond donors (Lipinski definition) is 0. The number of esters is 1. The van der Waals surface area contributed by atoms with Crippen LogP contribution in [0.3, 0.4) is 0 Å². The highest BCUT2D eigenvalue weighted by Gasteiger charge is 2.06. The summed E-state index contributed by atoms with van der Waals surface area (Å²) in [5.74, 6) is -0.229. The lowest BCUT2D eigenvalue weighted by atomic mass is 10.1. The van der Waals surface area contributed by atoms with Gasteiger partial charge in [-0.05, 0) is 31.4 Å². The molecular weight excluding hydrogens is 192 g/mol. The lowest BCUT2D eigenvalue weighted by molar-refractivity contribution is -0.139. The lowest BCUT2D eigenvalue weighted by Gasteiger charge is -2.17. The molecule has 1 saturated heterocycles. The molecule has 15 heavy (non-hydrogen) atoms. The molecule has 1 heterocycles. The van der Waals surface area contributed by atoms with Gasteiger partial charge >= 0.3 is 5.97 Å². The van der Waals surface area contributed by atoms with Gasteiger partial charge in [-0.15, -0.1) is 0 Å². The molecule has 1 rings (SSSR count). The monoisotopic (exact) mass is 210 g/mol. The predicted molar refractivity (Wildman–Crippen MR) is 58.5 cm³/mol. The van der Waals surface area contributed by atoms with Crippen molar-refractivity contribution < 1.29 is 14.3 Å². The zero-order valence-corrected chi connectivity index (χ0v) is 9.41. The van der Waals surface area contributed by atoms with E-state index in [-0.39, 0.29) is 5.97 Å². The molecule has 0 atom stereocenters. The molecule has 0 radical (unpaired) electrons. The first-order valence-electron chi connectivity index (χ1n) is 5.23. The number of carbonyl (C=O) groups excluding carboxylic acids is 1. The fraction of sp³-hybridized carbons (Fsp3) is 0.583. The molecule has 0 N–H and O–H groups in total. The Morgan fingerprint density at radius 1 is 1.47 bits per heavy atom. The average Bonchev–Trinajstić information content (AvgIpc) is 2.08. The molecule has 0 saturated carbocycles. The van der Waals surface area contributed by atoms with Gasteiger partial charge in [0.25, 0.3) is 0 Å². The third kappa shape index (κ3) is 5.37. The number of carbonyl (C=O) groups is 1. The first-order valence-corrected chi connectivity index (χ1v) is 5.23. The fourth-order valence-corrected chi connectivity index (χ4v) is 1.25. The third-order valence-electron chi connectivity index (χ3n) is 2.26. The van der Waals surface area contributed by atoms with Crippen molar-refractivity contribution in [1.82, 2.24) is 0 Å². The van der Waals surface area contributed by atoms with Crippen LogP contribution in [0, 0.1) is 0 Å². The van der Waals surface area contributed by atoms with Gasteiger partial charge < -0.3 is 9.47 Å². The van der Waals surface area contributed by atoms with E-state index >= 15 is 0 Å². The minimum atomic E-state index is -0.229. The van der Waals surface area contributed by atoms with Crippen molar-refractivity contribution in [2.75, 3.05) is 19.8 Å². The molecule has 3 nitrogen and oxygen atoms in total. The first-order chi connectivity index (χ1) is 7.18. The summed E-state index contributed by atoms with van der Waals surface area (Å²) in [5, 5.41) is 0. The van der Waals surface area contributed by atoms with Crippen molar-refractivity contribution in [2.45, 2.75) is 26.7 Å². The maximum atomic E-state index is 10.5. The Hall–Kier alpha value is -1.09. The normalized spacial score (nSPS) is 15.9. The second kappa shape index (κ2) is 6.40. The smallest absolute Gasteiger partial charge is 0.302 e. The van der Waals surface area contributed by atoms with E-state index in [4.69, 9.17) is 9.47 Å². The Balaban J connectivity index is 2.11. The van der Waals surface area contributed by atoms with Crippen molar-refractivity contribution in [3.8, 4) is 0 Å². The molecule has 0 bridgehead atoms.